The van der Waals surface area contributed by atoms with E-state index in [9.17, 15) is 4.79 Å². The SMILES string of the molecule is CCOC(=O)CN(c1ccc(C#N)c(Cl)c1)C(C)C. The van der Waals surface area contributed by atoms with Crippen molar-refractivity contribution in [3.05, 3.63) is 28.8 Å². The smallest absolute Gasteiger partial charge is 0.325 e. The molecular formula is C14H17ClN2O2. The third-order valence-corrected chi connectivity index (χ3v) is 2.95. The summed E-state index contributed by atoms with van der Waals surface area (Å²) in [7, 11) is 0. The van der Waals surface area contributed by atoms with E-state index in [0.29, 0.717) is 17.2 Å². The molecule has 0 saturated heterocycles. The Labute approximate surface area is 118 Å². The van der Waals surface area contributed by atoms with Gasteiger partial charge >= 0.3 is 5.97 Å². The standard InChI is InChI=1S/C14H17ClN2O2/c1-4-19-14(18)9-17(10(2)3)12-6-5-11(8-16)13(15)7-12/h5-7,10H,4,9H2,1-3H3. The van der Waals surface area contributed by atoms with Gasteiger partial charge in [0, 0.05) is 11.7 Å². The second-order valence-electron chi connectivity index (χ2n) is 4.30. The molecule has 0 aliphatic carbocycles. The van der Waals surface area contributed by atoms with Crippen molar-refractivity contribution in [2.45, 2.75) is 26.8 Å². The van der Waals surface area contributed by atoms with Crippen LogP contribution in [0.4, 0.5) is 5.69 Å². The van der Waals surface area contributed by atoms with Crippen LogP contribution >= 0.6 is 11.6 Å². The van der Waals surface area contributed by atoms with Gasteiger partial charge in [-0.1, -0.05) is 11.6 Å². The molecule has 5 heteroatoms. The number of halogens is 1. The van der Waals surface area contributed by atoms with Crippen LogP contribution in [0.1, 0.15) is 26.3 Å². The van der Waals surface area contributed by atoms with E-state index in [1.54, 1.807) is 25.1 Å². The fourth-order valence-electron chi connectivity index (χ4n) is 1.69. The summed E-state index contributed by atoms with van der Waals surface area (Å²) in [5.74, 6) is -0.281. The van der Waals surface area contributed by atoms with E-state index in [2.05, 4.69) is 0 Å². The molecule has 0 unspecified atom stereocenters. The largest absolute Gasteiger partial charge is 0.465 e. The Morgan fingerprint density at radius 2 is 2.21 bits per heavy atom. The van der Waals surface area contributed by atoms with Crippen LogP contribution in [0.25, 0.3) is 0 Å². The topological polar surface area (TPSA) is 53.3 Å². The van der Waals surface area contributed by atoms with Crippen LogP contribution < -0.4 is 4.90 Å². The lowest BCUT2D eigenvalue weighted by Gasteiger charge is -2.28. The Kier molecular flexibility index (Phi) is 5.65. The molecule has 0 bridgehead atoms. The van der Waals surface area contributed by atoms with Gasteiger partial charge in [0.25, 0.3) is 0 Å². The van der Waals surface area contributed by atoms with Gasteiger partial charge in [0.05, 0.1) is 17.2 Å². The lowest BCUT2D eigenvalue weighted by Crippen LogP contribution is -2.36. The maximum atomic E-state index is 11.6. The maximum Gasteiger partial charge on any atom is 0.325 e. The molecule has 0 heterocycles. The van der Waals surface area contributed by atoms with Gasteiger partial charge < -0.3 is 9.64 Å². The minimum Gasteiger partial charge on any atom is -0.465 e. The van der Waals surface area contributed by atoms with E-state index in [1.807, 2.05) is 24.8 Å². The van der Waals surface area contributed by atoms with Gasteiger partial charge in [0.15, 0.2) is 0 Å². The van der Waals surface area contributed by atoms with E-state index in [-0.39, 0.29) is 18.6 Å². The molecule has 0 aromatic heterocycles. The van der Waals surface area contributed by atoms with Gasteiger partial charge in [-0.3, -0.25) is 4.79 Å². The Hall–Kier alpha value is -1.73. The summed E-state index contributed by atoms with van der Waals surface area (Å²) in [6.07, 6.45) is 0. The summed E-state index contributed by atoms with van der Waals surface area (Å²) < 4.78 is 4.95. The lowest BCUT2D eigenvalue weighted by molar-refractivity contribution is -0.141. The van der Waals surface area contributed by atoms with Gasteiger partial charge in [0.2, 0.25) is 0 Å². The van der Waals surface area contributed by atoms with Crippen molar-refractivity contribution < 1.29 is 9.53 Å². The van der Waals surface area contributed by atoms with Crippen molar-refractivity contribution in [2.24, 2.45) is 0 Å². The van der Waals surface area contributed by atoms with Crippen LogP contribution in [0, 0.1) is 11.3 Å². The van der Waals surface area contributed by atoms with E-state index in [1.165, 1.54) is 0 Å². The number of anilines is 1. The van der Waals surface area contributed by atoms with Gasteiger partial charge in [-0.15, -0.1) is 0 Å². The first-order valence-electron chi connectivity index (χ1n) is 6.11. The number of hydrogen-bond donors (Lipinski definition) is 0. The van der Waals surface area contributed by atoms with Gasteiger partial charge in [0.1, 0.15) is 12.6 Å². The number of ether oxygens (including phenoxy) is 1. The molecular weight excluding hydrogens is 264 g/mol. The maximum absolute atomic E-state index is 11.6. The van der Waals surface area contributed by atoms with E-state index < -0.39 is 0 Å². The first kappa shape index (κ1) is 15.3. The normalized spacial score (nSPS) is 10.1. The first-order chi connectivity index (χ1) is 8.99. The molecule has 0 saturated carbocycles. The predicted molar refractivity (Wildman–Crippen MR) is 75.3 cm³/mol. The zero-order valence-corrected chi connectivity index (χ0v) is 12.1. The van der Waals surface area contributed by atoms with Gasteiger partial charge in [-0.05, 0) is 39.0 Å². The molecule has 0 amide bonds. The average Bonchev–Trinajstić information content (AvgIpc) is 2.36. The lowest BCUT2D eigenvalue weighted by atomic mass is 10.2. The second-order valence-corrected chi connectivity index (χ2v) is 4.71. The van der Waals surface area contributed by atoms with E-state index in [4.69, 9.17) is 21.6 Å². The molecule has 1 aromatic rings. The molecule has 0 fully saturated rings. The Bertz CT molecular complexity index is 495. The Morgan fingerprint density at radius 1 is 1.53 bits per heavy atom. The van der Waals surface area contributed by atoms with Crippen LogP contribution in [0.5, 0.6) is 0 Å². The summed E-state index contributed by atoms with van der Waals surface area (Å²) in [5, 5.41) is 9.23. The van der Waals surface area contributed by atoms with Crippen molar-refractivity contribution >= 4 is 23.3 Å². The van der Waals surface area contributed by atoms with E-state index >= 15 is 0 Å². The molecule has 1 rings (SSSR count). The number of nitriles is 1. The molecule has 0 atom stereocenters. The highest BCUT2D eigenvalue weighted by molar-refractivity contribution is 6.32. The summed E-state index contributed by atoms with van der Waals surface area (Å²) in [4.78, 5) is 13.5. The number of nitrogens with zero attached hydrogens (tertiary/aromatic N) is 2. The highest BCUT2D eigenvalue weighted by Crippen LogP contribution is 2.24. The monoisotopic (exact) mass is 280 g/mol. The Balaban J connectivity index is 2.97. The molecule has 0 N–H and O–H groups in total. The number of rotatable bonds is 5. The zero-order chi connectivity index (χ0) is 14.4. The van der Waals surface area contributed by atoms with Gasteiger partial charge in [-0.2, -0.15) is 5.26 Å². The summed E-state index contributed by atoms with van der Waals surface area (Å²) in [6.45, 7) is 6.25. The van der Waals surface area contributed by atoms with Crippen LogP contribution in [-0.2, 0) is 9.53 Å². The van der Waals surface area contributed by atoms with Crippen LogP contribution in [-0.4, -0.2) is 25.2 Å². The third-order valence-electron chi connectivity index (χ3n) is 2.63. The minimum absolute atomic E-state index is 0.119. The second kappa shape index (κ2) is 7.01. The fraction of sp³-hybridized carbons (Fsp3) is 0.429. The quantitative estimate of drug-likeness (QED) is 0.778. The van der Waals surface area contributed by atoms with Crippen LogP contribution in [0.2, 0.25) is 5.02 Å². The number of hydrogen-bond acceptors (Lipinski definition) is 4. The predicted octanol–water partition coefficient (Wildman–Crippen LogP) is 2.99. The van der Waals surface area contributed by atoms with Crippen LogP contribution in [0.15, 0.2) is 18.2 Å². The van der Waals surface area contributed by atoms with E-state index in [0.717, 1.165) is 5.69 Å². The van der Waals surface area contributed by atoms with Crippen molar-refractivity contribution in [3.8, 4) is 6.07 Å². The number of carbonyl (C=O) groups excluding carboxylic acids is 1. The van der Waals surface area contributed by atoms with Crippen molar-refractivity contribution in [1.82, 2.24) is 0 Å². The molecule has 0 spiro atoms. The highest BCUT2D eigenvalue weighted by Gasteiger charge is 2.16. The molecule has 0 radical (unpaired) electrons. The molecule has 1 aromatic carbocycles. The molecule has 19 heavy (non-hydrogen) atoms. The summed E-state index contributed by atoms with van der Waals surface area (Å²) in [5.41, 5.74) is 1.22. The molecule has 0 aliphatic heterocycles. The summed E-state index contributed by atoms with van der Waals surface area (Å²) >= 11 is 6.01. The number of esters is 1. The molecule has 0 aliphatic rings. The zero-order valence-electron chi connectivity index (χ0n) is 11.3. The molecule has 102 valence electrons. The first-order valence-corrected chi connectivity index (χ1v) is 6.49. The third kappa shape index (κ3) is 4.15. The Morgan fingerprint density at radius 3 is 2.68 bits per heavy atom. The average molecular weight is 281 g/mol. The van der Waals surface area contributed by atoms with Crippen molar-refractivity contribution in [3.63, 3.8) is 0 Å². The molecule has 4 nitrogen and oxygen atoms in total. The number of carbonyl (C=O) groups is 1. The highest BCUT2D eigenvalue weighted by atomic mass is 35.5. The van der Waals surface area contributed by atoms with Gasteiger partial charge in [-0.25, -0.2) is 0 Å². The van der Waals surface area contributed by atoms with Crippen LogP contribution in [0.3, 0.4) is 0 Å². The fourth-order valence-corrected chi connectivity index (χ4v) is 1.91. The van der Waals surface area contributed by atoms with Crippen molar-refractivity contribution in [1.29, 1.82) is 5.26 Å². The number of benzene rings is 1. The summed E-state index contributed by atoms with van der Waals surface area (Å²) in [6, 6.07) is 7.25. The van der Waals surface area contributed by atoms with Crippen molar-refractivity contribution in [2.75, 3.05) is 18.1 Å². The minimum atomic E-state index is -0.281.